The summed E-state index contributed by atoms with van der Waals surface area (Å²) >= 11 is 0. The maximum Gasteiger partial charge on any atom is 0.318 e. The lowest BCUT2D eigenvalue weighted by Gasteiger charge is -2.36. The maximum absolute atomic E-state index is 12.7. The van der Waals surface area contributed by atoms with Crippen LogP contribution in [0.4, 0.5) is 4.79 Å². The highest BCUT2D eigenvalue weighted by Gasteiger charge is 2.29. The van der Waals surface area contributed by atoms with Crippen molar-refractivity contribution in [3.8, 4) is 0 Å². The maximum atomic E-state index is 12.7. The predicted octanol–water partition coefficient (Wildman–Crippen LogP) is 2.12. The Labute approximate surface area is 142 Å². The van der Waals surface area contributed by atoms with Gasteiger partial charge in [0.05, 0.1) is 6.04 Å². The van der Waals surface area contributed by atoms with Gasteiger partial charge in [0.2, 0.25) is 0 Å². The summed E-state index contributed by atoms with van der Waals surface area (Å²) in [6.07, 6.45) is 7.86. The van der Waals surface area contributed by atoms with E-state index >= 15 is 0 Å². The van der Waals surface area contributed by atoms with E-state index in [9.17, 15) is 4.79 Å². The molecule has 1 atom stereocenters. The number of piperidine rings is 1. The highest BCUT2D eigenvalue weighted by atomic mass is 16.2. The van der Waals surface area contributed by atoms with Gasteiger partial charge < -0.3 is 19.4 Å². The van der Waals surface area contributed by atoms with Gasteiger partial charge in [-0.3, -0.25) is 0 Å². The molecule has 2 aromatic heterocycles. The zero-order valence-corrected chi connectivity index (χ0v) is 14.5. The molecule has 130 valence electrons. The highest BCUT2D eigenvalue weighted by molar-refractivity contribution is 5.74. The van der Waals surface area contributed by atoms with Gasteiger partial charge in [-0.1, -0.05) is 6.92 Å². The first-order chi connectivity index (χ1) is 11.7. The molecule has 1 aliphatic heterocycles. The minimum Gasteiger partial charge on any atom is -0.353 e. The first kappa shape index (κ1) is 16.5. The molecule has 1 fully saturated rings. The van der Waals surface area contributed by atoms with Crippen molar-refractivity contribution in [3.05, 3.63) is 36.2 Å². The van der Waals surface area contributed by atoms with Crippen LogP contribution in [0.25, 0.3) is 0 Å². The zero-order valence-electron chi connectivity index (χ0n) is 14.5. The third-order valence-electron chi connectivity index (χ3n) is 4.73. The van der Waals surface area contributed by atoms with E-state index in [4.69, 9.17) is 0 Å². The van der Waals surface area contributed by atoms with Gasteiger partial charge in [-0.2, -0.15) is 0 Å². The normalized spacial score (nSPS) is 17.9. The summed E-state index contributed by atoms with van der Waals surface area (Å²) in [5.74, 6) is 0.948. The molecule has 0 unspecified atom stereocenters. The third-order valence-corrected chi connectivity index (χ3v) is 4.73. The molecular formula is C17H26N6O. The SMILES string of the molecule is CCc1nncn1CCNC(=O)N1CCCC[C@@H]1c1cccn1C. The van der Waals surface area contributed by atoms with Gasteiger partial charge in [0.1, 0.15) is 12.2 Å². The molecule has 0 saturated carbocycles. The van der Waals surface area contributed by atoms with Crippen molar-refractivity contribution in [2.45, 2.75) is 45.2 Å². The van der Waals surface area contributed by atoms with Gasteiger partial charge in [-0.25, -0.2) is 4.79 Å². The van der Waals surface area contributed by atoms with Crippen LogP contribution in [0.15, 0.2) is 24.7 Å². The number of aryl methyl sites for hydroxylation is 2. The van der Waals surface area contributed by atoms with Crippen molar-refractivity contribution in [2.75, 3.05) is 13.1 Å². The zero-order chi connectivity index (χ0) is 16.9. The number of likely N-dealkylation sites (tertiary alicyclic amines) is 1. The lowest BCUT2D eigenvalue weighted by atomic mass is 10.00. The van der Waals surface area contributed by atoms with Gasteiger partial charge in [0, 0.05) is 45.0 Å². The van der Waals surface area contributed by atoms with Crippen LogP contribution in [0.3, 0.4) is 0 Å². The Balaban J connectivity index is 1.59. The van der Waals surface area contributed by atoms with Crippen molar-refractivity contribution in [2.24, 2.45) is 7.05 Å². The molecule has 0 radical (unpaired) electrons. The van der Waals surface area contributed by atoms with Crippen molar-refractivity contribution >= 4 is 6.03 Å². The topological polar surface area (TPSA) is 68.0 Å². The monoisotopic (exact) mass is 330 g/mol. The molecule has 2 amide bonds. The number of hydrogen-bond acceptors (Lipinski definition) is 3. The van der Waals surface area contributed by atoms with Crippen LogP contribution in [-0.4, -0.2) is 43.4 Å². The van der Waals surface area contributed by atoms with E-state index in [0.717, 1.165) is 31.6 Å². The molecule has 3 rings (SSSR count). The highest BCUT2D eigenvalue weighted by Crippen LogP contribution is 2.30. The fraction of sp³-hybridized carbons (Fsp3) is 0.588. The Morgan fingerprint density at radius 1 is 1.42 bits per heavy atom. The lowest BCUT2D eigenvalue weighted by molar-refractivity contribution is 0.148. The molecule has 1 aliphatic rings. The molecule has 1 N–H and O–H groups in total. The number of hydrogen-bond donors (Lipinski definition) is 1. The molecular weight excluding hydrogens is 304 g/mol. The Kier molecular flexibility index (Phi) is 5.17. The predicted molar refractivity (Wildman–Crippen MR) is 91.5 cm³/mol. The fourth-order valence-electron chi connectivity index (χ4n) is 3.43. The van der Waals surface area contributed by atoms with E-state index in [0.29, 0.717) is 13.1 Å². The molecule has 2 aromatic rings. The van der Waals surface area contributed by atoms with Gasteiger partial charge >= 0.3 is 6.03 Å². The first-order valence-corrected chi connectivity index (χ1v) is 8.73. The summed E-state index contributed by atoms with van der Waals surface area (Å²) < 4.78 is 4.10. The lowest BCUT2D eigenvalue weighted by Crippen LogP contribution is -2.45. The number of amides is 2. The molecule has 7 heteroatoms. The summed E-state index contributed by atoms with van der Waals surface area (Å²) in [5.41, 5.74) is 1.21. The van der Waals surface area contributed by atoms with E-state index in [1.54, 1.807) is 6.33 Å². The second-order valence-corrected chi connectivity index (χ2v) is 6.27. The smallest absolute Gasteiger partial charge is 0.318 e. The van der Waals surface area contributed by atoms with E-state index in [1.807, 2.05) is 28.8 Å². The van der Waals surface area contributed by atoms with Crippen molar-refractivity contribution < 1.29 is 4.79 Å². The largest absolute Gasteiger partial charge is 0.353 e. The van der Waals surface area contributed by atoms with Crippen LogP contribution < -0.4 is 5.32 Å². The van der Waals surface area contributed by atoms with E-state index in [1.165, 1.54) is 12.1 Å². The molecule has 24 heavy (non-hydrogen) atoms. The van der Waals surface area contributed by atoms with E-state index < -0.39 is 0 Å². The number of aromatic nitrogens is 4. The van der Waals surface area contributed by atoms with E-state index in [-0.39, 0.29) is 12.1 Å². The minimum absolute atomic E-state index is 0.0204. The number of rotatable bonds is 5. The number of carbonyl (C=O) groups excluding carboxylic acids is 1. The van der Waals surface area contributed by atoms with Crippen molar-refractivity contribution in [1.82, 2.24) is 29.5 Å². The summed E-state index contributed by atoms with van der Waals surface area (Å²) in [5, 5.41) is 11.0. The summed E-state index contributed by atoms with van der Waals surface area (Å²) in [4.78, 5) is 14.6. The van der Waals surface area contributed by atoms with Crippen molar-refractivity contribution in [1.29, 1.82) is 0 Å². The minimum atomic E-state index is 0.0204. The van der Waals surface area contributed by atoms with Crippen LogP contribution in [0.2, 0.25) is 0 Å². The number of carbonyl (C=O) groups is 1. The van der Waals surface area contributed by atoms with Crippen LogP contribution in [0.1, 0.15) is 43.7 Å². The van der Waals surface area contributed by atoms with Gasteiger partial charge in [0.15, 0.2) is 0 Å². The molecule has 1 saturated heterocycles. The Morgan fingerprint density at radius 3 is 3.04 bits per heavy atom. The van der Waals surface area contributed by atoms with Crippen molar-refractivity contribution in [3.63, 3.8) is 0 Å². The third kappa shape index (κ3) is 3.44. The summed E-state index contributed by atoms with van der Waals surface area (Å²) in [6.45, 7) is 4.15. The second kappa shape index (κ2) is 7.51. The Bertz CT molecular complexity index is 676. The fourth-order valence-corrected chi connectivity index (χ4v) is 3.43. The summed E-state index contributed by atoms with van der Waals surface area (Å²) in [7, 11) is 2.04. The average Bonchev–Trinajstić information content (AvgIpc) is 3.23. The van der Waals surface area contributed by atoms with Crippen LogP contribution >= 0.6 is 0 Å². The molecule has 0 spiro atoms. The molecule has 0 bridgehead atoms. The quantitative estimate of drug-likeness (QED) is 0.913. The van der Waals surface area contributed by atoms with Gasteiger partial charge in [-0.05, 0) is 31.4 Å². The standard InChI is InChI=1S/C17H26N6O/c1-3-16-20-19-13-22(16)12-9-18-17(24)23-11-5-4-7-15(23)14-8-6-10-21(14)2/h6,8,10,13,15H,3-5,7,9,11-12H2,1-2H3,(H,18,24)/t15-/m1/s1. The number of nitrogens with zero attached hydrogens (tertiary/aromatic N) is 5. The molecule has 0 aliphatic carbocycles. The Hall–Kier alpha value is -2.31. The molecule has 0 aromatic carbocycles. The van der Waals surface area contributed by atoms with Crippen LogP contribution in [0.5, 0.6) is 0 Å². The number of urea groups is 1. The van der Waals surface area contributed by atoms with Crippen LogP contribution in [-0.2, 0) is 20.0 Å². The second-order valence-electron chi connectivity index (χ2n) is 6.27. The van der Waals surface area contributed by atoms with Gasteiger partial charge in [-0.15, -0.1) is 10.2 Å². The van der Waals surface area contributed by atoms with Crippen LogP contribution in [0, 0.1) is 0 Å². The Morgan fingerprint density at radius 2 is 2.29 bits per heavy atom. The molecule has 7 nitrogen and oxygen atoms in total. The number of nitrogens with one attached hydrogen (secondary N) is 1. The average molecular weight is 330 g/mol. The van der Waals surface area contributed by atoms with Gasteiger partial charge in [0.25, 0.3) is 0 Å². The first-order valence-electron chi connectivity index (χ1n) is 8.73. The van der Waals surface area contributed by atoms with E-state index in [2.05, 4.69) is 33.1 Å². The molecule has 3 heterocycles. The summed E-state index contributed by atoms with van der Waals surface area (Å²) in [6, 6.07) is 4.34.